The fraction of sp³-hybridized carbons (Fsp3) is 0.765. The summed E-state index contributed by atoms with van der Waals surface area (Å²) < 4.78 is 24.9. The van der Waals surface area contributed by atoms with Crippen molar-refractivity contribution >= 4 is 25.4 Å². The smallest absolute Gasteiger partial charge is 0.354 e. The van der Waals surface area contributed by atoms with Crippen molar-refractivity contribution < 1.29 is 17.4 Å². The summed E-state index contributed by atoms with van der Waals surface area (Å²) in [5.41, 5.74) is -0.224. The van der Waals surface area contributed by atoms with E-state index in [0.717, 1.165) is 12.2 Å². The van der Waals surface area contributed by atoms with Crippen molar-refractivity contribution in [2.75, 3.05) is 6.23 Å². The summed E-state index contributed by atoms with van der Waals surface area (Å²) in [7, 11) is -6.53. The van der Waals surface area contributed by atoms with Gasteiger partial charge >= 0.3 is 17.1 Å². The van der Waals surface area contributed by atoms with Gasteiger partial charge in [0, 0.05) is 6.42 Å². The molecule has 0 aliphatic heterocycles. The second-order valence-corrected chi connectivity index (χ2v) is 19.7. The van der Waals surface area contributed by atoms with Gasteiger partial charge in [0.15, 0.2) is 8.32 Å². The molecule has 0 heterocycles. The van der Waals surface area contributed by atoms with Crippen LogP contribution in [0.25, 0.3) is 0 Å². The van der Waals surface area contributed by atoms with E-state index in [9.17, 15) is 0 Å². The summed E-state index contributed by atoms with van der Waals surface area (Å²) in [6.07, 6.45) is 1.27. The van der Waals surface area contributed by atoms with Crippen LogP contribution in [0.2, 0.25) is 39.3 Å². The second kappa shape index (κ2) is 10.1. The van der Waals surface area contributed by atoms with Crippen LogP contribution in [-0.2, 0) is 17.4 Å². The third-order valence-corrected chi connectivity index (χ3v) is 12.1. The van der Waals surface area contributed by atoms with E-state index in [1.54, 1.807) is 0 Å². The molecule has 0 aromatic carbocycles. The molecule has 0 aromatic rings. The molecule has 0 fully saturated rings. The third-order valence-electron chi connectivity index (χ3n) is 2.47. The van der Waals surface area contributed by atoms with Crippen LogP contribution in [0.5, 0.6) is 0 Å². The maximum atomic E-state index is 6.47. The van der Waals surface area contributed by atoms with Crippen LogP contribution in [0.3, 0.4) is 0 Å². The average molecular weight is 393 g/mol. The number of ether oxygens (including phenoxy) is 1. The van der Waals surface area contributed by atoms with Gasteiger partial charge in [-0.05, 0) is 60.1 Å². The van der Waals surface area contributed by atoms with Gasteiger partial charge in [0.05, 0.1) is 11.4 Å². The molecular formula is C17H40O4Si3. The Balaban J connectivity index is 0. The van der Waals surface area contributed by atoms with Gasteiger partial charge in [-0.1, -0.05) is 13.5 Å². The van der Waals surface area contributed by atoms with Gasteiger partial charge in [-0.15, -0.1) is 13.2 Å². The molecule has 0 saturated heterocycles. The van der Waals surface area contributed by atoms with Gasteiger partial charge < -0.3 is 17.4 Å². The molecule has 1 atom stereocenters. The van der Waals surface area contributed by atoms with E-state index in [0.29, 0.717) is 6.23 Å². The minimum Gasteiger partial charge on any atom is -0.497 e. The first-order valence-corrected chi connectivity index (χ1v) is 17.2. The lowest BCUT2D eigenvalue weighted by atomic mass is 10.2. The van der Waals surface area contributed by atoms with Gasteiger partial charge in [0.2, 0.25) is 0 Å². The van der Waals surface area contributed by atoms with Crippen molar-refractivity contribution in [1.29, 1.82) is 0 Å². The lowest BCUT2D eigenvalue weighted by Crippen LogP contribution is -2.58. The van der Waals surface area contributed by atoms with Crippen molar-refractivity contribution in [2.45, 2.75) is 79.0 Å². The Labute approximate surface area is 153 Å². The molecule has 0 aromatic heterocycles. The molecule has 0 aliphatic rings. The highest BCUT2D eigenvalue weighted by Gasteiger charge is 2.45. The zero-order valence-corrected chi connectivity index (χ0v) is 20.7. The molecule has 0 amide bonds. The molecule has 0 N–H and O–H groups in total. The minimum atomic E-state index is -2.48. The first kappa shape index (κ1) is 26.0. The van der Waals surface area contributed by atoms with E-state index >= 15 is 0 Å². The maximum absolute atomic E-state index is 6.47. The Morgan fingerprint density at radius 3 is 1.71 bits per heavy atom. The molecule has 1 unspecified atom stereocenters. The van der Waals surface area contributed by atoms with E-state index in [-0.39, 0.29) is 5.60 Å². The monoisotopic (exact) mass is 392 g/mol. The SMILES string of the molecule is C=C.C=C(CC)OC[Si](C)(O[Si](C)(C)C)O[Si](C)(C)OC(C)(C)C. The standard InChI is InChI=1S/C15H36O4Si3.C2H4/c1-12-14(2)16-13-22(11,18-20(6,7)8)19-21(9,10)17-15(3,4)5;1-2/h2,12-13H2,1,3-11H3;1-2H2. The molecule has 4 nitrogen and oxygen atoms in total. The average Bonchev–Trinajstić information content (AvgIpc) is 2.32. The number of allylic oxidation sites excluding steroid dienone is 1. The van der Waals surface area contributed by atoms with E-state index in [1.807, 2.05) is 6.92 Å². The van der Waals surface area contributed by atoms with Gasteiger partial charge in [0.25, 0.3) is 0 Å². The molecule has 7 heteroatoms. The Morgan fingerprint density at radius 2 is 1.38 bits per heavy atom. The van der Waals surface area contributed by atoms with Gasteiger partial charge in [-0.2, -0.15) is 0 Å². The van der Waals surface area contributed by atoms with Gasteiger partial charge in [-0.3, -0.25) is 0 Å². The summed E-state index contributed by atoms with van der Waals surface area (Å²) in [5.74, 6) is 0.776. The van der Waals surface area contributed by atoms with Crippen LogP contribution in [0, 0.1) is 0 Å². The number of hydrogen-bond donors (Lipinski definition) is 0. The molecule has 144 valence electrons. The predicted molar refractivity (Wildman–Crippen MR) is 112 cm³/mol. The zero-order valence-electron chi connectivity index (χ0n) is 17.7. The summed E-state index contributed by atoms with van der Waals surface area (Å²) >= 11 is 0. The van der Waals surface area contributed by atoms with Crippen molar-refractivity contribution in [1.82, 2.24) is 0 Å². The molecule has 0 radical (unpaired) electrons. The summed E-state index contributed by atoms with van der Waals surface area (Å²) in [4.78, 5) is 0. The first-order valence-electron chi connectivity index (χ1n) is 8.49. The highest BCUT2D eigenvalue weighted by Crippen LogP contribution is 2.25. The van der Waals surface area contributed by atoms with E-state index < -0.39 is 25.4 Å². The Hall–Kier alpha value is -0.189. The van der Waals surface area contributed by atoms with E-state index in [4.69, 9.17) is 17.4 Å². The Morgan fingerprint density at radius 1 is 0.917 bits per heavy atom. The van der Waals surface area contributed by atoms with Crippen LogP contribution in [0.15, 0.2) is 25.5 Å². The molecule has 0 spiro atoms. The summed E-state index contributed by atoms with van der Waals surface area (Å²) in [6, 6.07) is 0. The highest BCUT2D eigenvalue weighted by atomic mass is 28.5. The molecular weight excluding hydrogens is 352 g/mol. The molecule has 0 aliphatic carbocycles. The second-order valence-electron chi connectivity index (χ2n) is 8.25. The number of hydrogen-bond acceptors (Lipinski definition) is 4. The van der Waals surface area contributed by atoms with E-state index in [2.05, 4.69) is 79.8 Å². The van der Waals surface area contributed by atoms with Crippen molar-refractivity contribution in [2.24, 2.45) is 0 Å². The first-order chi connectivity index (χ1) is 10.6. The zero-order chi connectivity index (χ0) is 19.8. The van der Waals surface area contributed by atoms with Crippen molar-refractivity contribution in [3.8, 4) is 0 Å². The summed E-state index contributed by atoms with van der Waals surface area (Å²) in [5, 5.41) is 0. The quantitative estimate of drug-likeness (QED) is 0.285. The molecule has 24 heavy (non-hydrogen) atoms. The van der Waals surface area contributed by atoms with Crippen molar-refractivity contribution in [3.05, 3.63) is 25.5 Å². The largest absolute Gasteiger partial charge is 0.497 e. The fourth-order valence-electron chi connectivity index (χ4n) is 2.34. The lowest BCUT2D eigenvalue weighted by Gasteiger charge is -2.41. The fourth-order valence-corrected chi connectivity index (χ4v) is 14.8. The van der Waals surface area contributed by atoms with Crippen LogP contribution < -0.4 is 0 Å². The topological polar surface area (TPSA) is 36.9 Å². The highest BCUT2D eigenvalue weighted by molar-refractivity contribution is 6.86. The van der Waals surface area contributed by atoms with Crippen molar-refractivity contribution in [3.63, 3.8) is 0 Å². The normalized spacial score (nSPS) is 15.1. The Bertz CT molecular complexity index is 386. The van der Waals surface area contributed by atoms with Gasteiger partial charge in [-0.25, -0.2) is 0 Å². The molecule has 0 saturated carbocycles. The van der Waals surface area contributed by atoms with Gasteiger partial charge in [0.1, 0.15) is 6.23 Å². The summed E-state index contributed by atoms with van der Waals surface area (Å²) in [6.45, 7) is 30.9. The van der Waals surface area contributed by atoms with Crippen LogP contribution >= 0.6 is 0 Å². The van der Waals surface area contributed by atoms with E-state index in [1.165, 1.54) is 0 Å². The lowest BCUT2D eigenvalue weighted by molar-refractivity contribution is 0.0854. The van der Waals surface area contributed by atoms with Crippen LogP contribution in [0.1, 0.15) is 34.1 Å². The van der Waals surface area contributed by atoms with Crippen LogP contribution in [0.4, 0.5) is 0 Å². The molecule has 0 rings (SSSR count). The molecule has 0 bridgehead atoms. The predicted octanol–water partition coefficient (Wildman–Crippen LogP) is 5.73. The third kappa shape index (κ3) is 14.2. The van der Waals surface area contributed by atoms with Crippen LogP contribution in [-0.4, -0.2) is 37.3 Å². The number of rotatable bonds is 9. The Kier molecular flexibility index (Phi) is 10.9. The minimum absolute atomic E-state index is 0.224. The maximum Gasteiger partial charge on any atom is 0.354 e.